The lowest BCUT2D eigenvalue weighted by Gasteiger charge is -1.52. The van der Waals surface area contributed by atoms with Gasteiger partial charge < -0.3 is 5.11 Å². The van der Waals surface area contributed by atoms with Crippen LogP contribution in [-0.2, 0) is 0 Å². The highest BCUT2D eigenvalue weighted by Crippen LogP contribution is 1.30. The van der Waals surface area contributed by atoms with E-state index in [9.17, 15) is 0 Å². The lowest BCUT2D eigenvalue weighted by molar-refractivity contribution is 0.318. The van der Waals surface area contributed by atoms with Crippen LogP contribution in [0.25, 0.3) is 0 Å². The van der Waals surface area contributed by atoms with Gasteiger partial charge in [-0.25, -0.2) is 10.8 Å². The van der Waals surface area contributed by atoms with Gasteiger partial charge in [0.15, 0.2) is 0 Å². The van der Waals surface area contributed by atoms with Crippen molar-refractivity contribution in [3.63, 3.8) is 0 Å². The van der Waals surface area contributed by atoms with Crippen molar-refractivity contribution in [2.45, 2.75) is 6.92 Å². The van der Waals surface area contributed by atoms with E-state index in [0.717, 1.165) is 0 Å². The average Bonchev–Trinajstić information content (AvgIpc) is 1.39. The minimum atomic E-state index is 0.250. The second kappa shape index (κ2) is 27.0. The fraction of sp³-hybridized carbons (Fsp3) is 0.667. The number of rotatable bonds is 0. The van der Waals surface area contributed by atoms with Crippen LogP contribution in [-0.4, -0.2) is 17.7 Å². The van der Waals surface area contributed by atoms with Crippen LogP contribution in [0.5, 0.6) is 0 Å². The molecule has 0 aromatic heterocycles. The van der Waals surface area contributed by atoms with Crippen molar-refractivity contribution in [3.05, 3.63) is 0 Å². The van der Waals surface area contributed by atoms with Gasteiger partial charge in [0.2, 0.25) is 0 Å². The van der Waals surface area contributed by atoms with E-state index in [4.69, 9.17) is 15.9 Å². The topological polar surface area (TPSA) is 67.9 Å². The Morgan fingerprint density at radius 3 is 1.67 bits per heavy atom. The van der Waals surface area contributed by atoms with E-state index in [1.54, 1.807) is 6.92 Å². The summed E-state index contributed by atoms with van der Waals surface area (Å²) in [7, 11) is 0. The number of aliphatic hydroxyl groups excluding tert-OH is 1. The third-order valence-corrected chi connectivity index (χ3v) is 0. The molecule has 0 radical (unpaired) electrons. The fourth-order valence-electron chi connectivity index (χ4n) is 0. The van der Waals surface area contributed by atoms with Crippen molar-refractivity contribution in [3.8, 4) is 0 Å². The summed E-state index contributed by atoms with van der Waals surface area (Å²) in [5.74, 6) is 0. The molecule has 0 aliphatic carbocycles. The predicted octanol–water partition coefficient (Wildman–Crippen LogP) is 0.316. The number of nitrogens with one attached hydrogen (secondary N) is 2. The molecule has 0 saturated carbocycles. The molecular formula is C3H8N2O. The molecule has 0 amide bonds. The zero-order valence-corrected chi connectivity index (χ0v) is 3.65. The van der Waals surface area contributed by atoms with Gasteiger partial charge in [-0.2, -0.15) is 0 Å². The van der Waals surface area contributed by atoms with Crippen LogP contribution >= 0.6 is 0 Å². The molecule has 0 aromatic rings. The molecule has 0 aromatic carbocycles. The monoisotopic (exact) mass is 88.1 g/mol. The van der Waals surface area contributed by atoms with E-state index in [2.05, 4.69) is 0 Å². The molecule has 36 valence electrons. The minimum Gasteiger partial charge on any atom is -0.397 e. The second-order valence-electron chi connectivity index (χ2n) is 0.441. The summed E-state index contributed by atoms with van der Waals surface area (Å²) in [6.07, 6.45) is 0. The summed E-state index contributed by atoms with van der Waals surface area (Å²) in [6, 6.07) is 1.25. The molecule has 6 heavy (non-hydrogen) atoms. The lowest BCUT2D eigenvalue weighted by Crippen LogP contribution is -1.57. The first-order valence-electron chi connectivity index (χ1n) is 1.52. The van der Waals surface area contributed by atoms with E-state index in [-0.39, 0.29) is 6.61 Å². The zero-order chi connectivity index (χ0) is 5.41. The first-order valence-corrected chi connectivity index (χ1v) is 1.52. The van der Waals surface area contributed by atoms with Crippen LogP contribution in [0.1, 0.15) is 6.92 Å². The molecule has 0 heterocycles. The van der Waals surface area contributed by atoms with Crippen molar-refractivity contribution < 1.29 is 5.11 Å². The van der Waals surface area contributed by atoms with E-state index < -0.39 is 0 Å². The standard InChI is InChI=1S/C2H6O.CH2N2/c1-2-3;2-1-3/h3H,2H2,1H3;2-3H. The van der Waals surface area contributed by atoms with E-state index in [1.165, 1.54) is 6.01 Å². The molecular weight excluding hydrogens is 80.0 g/mol. The van der Waals surface area contributed by atoms with E-state index in [1.807, 2.05) is 0 Å². The van der Waals surface area contributed by atoms with Crippen molar-refractivity contribution in [1.29, 1.82) is 10.8 Å². The second-order valence-corrected chi connectivity index (χ2v) is 0.441. The van der Waals surface area contributed by atoms with Crippen LogP contribution in [0.15, 0.2) is 0 Å². The third kappa shape index (κ3) is 42.0. The summed E-state index contributed by atoms with van der Waals surface area (Å²) in [5.41, 5.74) is 0. The van der Waals surface area contributed by atoms with Gasteiger partial charge in [-0.1, -0.05) is 0 Å². The molecule has 0 spiro atoms. The van der Waals surface area contributed by atoms with Crippen molar-refractivity contribution in [2.75, 3.05) is 6.61 Å². The summed E-state index contributed by atoms with van der Waals surface area (Å²) in [5, 5.41) is 18.8. The molecule has 3 N–H and O–H groups in total. The normalized spacial score (nSPS) is 4.33. The summed E-state index contributed by atoms with van der Waals surface area (Å²) in [6.45, 7) is 1.93. The Morgan fingerprint density at radius 1 is 1.67 bits per heavy atom. The summed E-state index contributed by atoms with van der Waals surface area (Å²) in [4.78, 5) is 0. The Balaban J connectivity index is 0. The molecule has 0 rings (SSSR count). The van der Waals surface area contributed by atoms with Gasteiger partial charge in [-0.15, -0.1) is 0 Å². The van der Waals surface area contributed by atoms with E-state index in [0.29, 0.717) is 0 Å². The lowest BCUT2D eigenvalue weighted by atomic mass is 10.9. The highest BCUT2D eigenvalue weighted by Gasteiger charge is 1.34. The largest absolute Gasteiger partial charge is 0.397 e. The number of hydrogen-bond acceptors (Lipinski definition) is 3. The van der Waals surface area contributed by atoms with Crippen LogP contribution in [0.4, 0.5) is 0 Å². The van der Waals surface area contributed by atoms with Gasteiger partial charge in [-0.3, -0.25) is 0 Å². The van der Waals surface area contributed by atoms with Crippen molar-refractivity contribution in [1.82, 2.24) is 0 Å². The maximum atomic E-state index is 7.57. The molecule has 0 saturated heterocycles. The number of aliphatic hydroxyl groups is 1. The average molecular weight is 88.1 g/mol. The fourth-order valence-corrected chi connectivity index (χ4v) is 0. The summed E-state index contributed by atoms with van der Waals surface area (Å²) >= 11 is 0. The van der Waals surface area contributed by atoms with E-state index >= 15 is 0 Å². The van der Waals surface area contributed by atoms with Crippen molar-refractivity contribution >= 4 is 6.01 Å². The quantitative estimate of drug-likeness (QED) is 0.367. The predicted molar refractivity (Wildman–Crippen MR) is 23.2 cm³/mol. The van der Waals surface area contributed by atoms with Gasteiger partial charge in [0.25, 0.3) is 0 Å². The molecule has 0 atom stereocenters. The van der Waals surface area contributed by atoms with Crippen molar-refractivity contribution in [2.24, 2.45) is 0 Å². The van der Waals surface area contributed by atoms with Crippen LogP contribution in [0.3, 0.4) is 0 Å². The highest BCUT2D eigenvalue weighted by atomic mass is 16.2. The van der Waals surface area contributed by atoms with Crippen LogP contribution in [0.2, 0.25) is 0 Å². The Bertz CT molecular complexity index is 38.1. The molecule has 0 unspecified atom stereocenters. The summed E-state index contributed by atoms with van der Waals surface area (Å²) < 4.78 is 0. The molecule has 0 aliphatic rings. The molecule has 3 heteroatoms. The third-order valence-electron chi connectivity index (χ3n) is 0. The Hall–Kier alpha value is -0.660. The highest BCUT2D eigenvalue weighted by molar-refractivity contribution is 5.29. The van der Waals surface area contributed by atoms with Crippen LogP contribution < -0.4 is 0 Å². The maximum Gasteiger partial charge on any atom is 0.0831 e. The Morgan fingerprint density at radius 2 is 1.67 bits per heavy atom. The van der Waals surface area contributed by atoms with Gasteiger partial charge in [0.1, 0.15) is 0 Å². The van der Waals surface area contributed by atoms with Gasteiger partial charge in [-0.05, 0) is 6.92 Å². The first kappa shape index (κ1) is 9.02. The Labute approximate surface area is 36.6 Å². The minimum absolute atomic E-state index is 0.250. The molecule has 0 fully saturated rings. The first-order chi connectivity index (χ1) is 2.83. The van der Waals surface area contributed by atoms with Gasteiger partial charge in [0.05, 0.1) is 6.01 Å². The molecule has 3 nitrogen and oxygen atoms in total. The smallest absolute Gasteiger partial charge is 0.0831 e. The zero-order valence-electron chi connectivity index (χ0n) is 3.65. The SMILES string of the molecule is CCO.N=C=N. The maximum absolute atomic E-state index is 7.57. The van der Waals surface area contributed by atoms with Gasteiger partial charge >= 0.3 is 0 Å². The molecule has 0 bridgehead atoms. The Kier molecular flexibility index (Phi) is 40.5. The molecule has 0 aliphatic heterocycles. The number of hydrogen-bond donors (Lipinski definition) is 3. The van der Waals surface area contributed by atoms with Gasteiger partial charge in [0, 0.05) is 6.61 Å². The van der Waals surface area contributed by atoms with Crippen LogP contribution in [0, 0.1) is 10.8 Å².